The molecule has 6 heteroatoms. The van der Waals surface area contributed by atoms with Crippen LogP contribution in [-0.2, 0) is 4.79 Å². The van der Waals surface area contributed by atoms with Crippen LogP contribution in [0, 0.1) is 0 Å². The van der Waals surface area contributed by atoms with Crippen molar-refractivity contribution in [3.63, 3.8) is 0 Å². The molecule has 31 heavy (non-hydrogen) atoms. The minimum Gasteiger partial charge on any atom is -0.491 e. The molecule has 0 heterocycles. The van der Waals surface area contributed by atoms with Gasteiger partial charge in [0.1, 0.15) is 11.5 Å². The van der Waals surface area contributed by atoms with E-state index in [-0.39, 0.29) is 24.5 Å². The highest BCUT2D eigenvalue weighted by Crippen LogP contribution is 2.29. The summed E-state index contributed by atoms with van der Waals surface area (Å²) in [4.78, 5) is 25.2. The van der Waals surface area contributed by atoms with Gasteiger partial charge in [-0.25, -0.2) is 0 Å². The largest absolute Gasteiger partial charge is 0.491 e. The van der Waals surface area contributed by atoms with Crippen molar-refractivity contribution in [3.8, 4) is 11.5 Å². The Morgan fingerprint density at radius 1 is 0.903 bits per heavy atom. The summed E-state index contributed by atoms with van der Waals surface area (Å²) in [6.07, 6.45) is 0.864. The second-order valence-corrected chi connectivity index (χ2v) is 7.51. The summed E-state index contributed by atoms with van der Waals surface area (Å²) in [5.74, 6) is 0.379. The topological polar surface area (TPSA) is 76.7 Å². The molecule has 0 atom stereocenters. The summed E-state index contributed by atoms with van der Waals surface area (Å²) in [6.45, 7) is 6.17. The first-order valence-electron chi connectivity index (χ1n) is 10.5. The van der Waals surface area contributed by atoms with E-state index in [9.17, 15) is 9.59 Å². The van der Waals surface area contributed by atoms with Gasteiger partial charge in [-0.3, -0.25) is 9.59 Å². The molecule has 0 bridgehead atoms. The molecule has 3 aromatic carbocycles. The van der Waals surface area contributed by atoms with Crippen LogP contribution in [0.15, 0.2) is 60.7 Å². The van der Waals surface area contributed by atoms with Gasteiger partial charge in [0, 0.05) is 6.04 Å². The normalized spacial score (nSPS) is 10.7. The molecule has 0 radical (unpaired) electrons. The second-order valence-electron chi connectivity index (χ2n) is 7.51. The fourth-order valence-electron chi connectivity index (χ4n) is 3.12. The lowest BCUT2D eigenvalue weighted by atomic mass is 10.1. The van der Waals surface area contributed by atoms with Gasteiger partial charge in [-0.1, -0.05) is 43.3 Å². The summed E-state index contributed by atoms with van der Waals surface area (Å²) >= 11 is 0. The Morgan fingerprint density at radius 2 is 1.58 bits per heavy atom. The molecular formula is C25H28N2O4. The smallest absolute Gasteiger partial charge is 0.259 e. The first-order chi connectivity index (χ1) is 15.0. The van der Waals surface area contributed by atoms with Gasteiger partial charge in [-0.15, -0.1) is 0 Å². The molecule has 6 nitrogen and oxygen atoms in total. The van der Waals surface area contributed by atoms with E-state index in [1.807, 2.05) is 63.2 Å². The van der Waals surface area contributed by atoms with E-state index in [4.69, 9.17) is 9.47 Å². The lowest BCUT2D eigenvalue weighted by Gasteiger charge is -2.16. The van der Waals surface area contributed by atoms with Crippen LogP contribution in [0.25, 0.3) is 10.8 Å². The molecule has 162 valence electrons. The zero-order valence-corrected chi connectivity index (χ0v) is 18.1. The standard InChI is InChI=1S/C25H28N2O4/c1-4-13-30-22-12-8-7-11-21(22)27-25(29)20-14-18-9-5-6-10-19(18)15-23(20)31-16-24(28)26-17(2)3/h5-12,14-15,17H,4,13,16H2,1-3H3,(H,26,28)(H,27,29). The van der Waals surface area contributed by atoms with Crippen molar-refractivity contribution < 1.29 is 19.1 Å². The zero-order valence-electron chi connectivity index (χ0n) is 18.1. The Hall–Kier alpha value is -3.54. The van der Waals surface area contributed by atoms with E-state index in [0.29, 0.717) is 29.4 Å². The van der Waals surface area contributed by atoms with Crippen LogP contribution < -0.4 is 20.1 Å². The fourth-order valence-corrected chi connectivity index (χ4v) is 3.12. The number of hydrogen-bond acceptors (Lipinski definition) is 4. The SMILES string of the molecule is CCCOc1ccccc1NC(=O)c1cc2ccccc2cc1OCC(=O)NC(C)C. The van der Waals surface area contributed by atoms with Crippen molar-refractivity contribution in [2.24, 2.45) is 0 Å². The van der Waals surface area contributed by atoms with Gasteiger partial charge >= 0.3 is 0 Å². The maximum Gasteiger partial charge on any atom is 0.259 e. The quantitative estimate of drug-likeness (QED) is 0.522. The number of hydrogen-bond donors (Lipinski definition) is 2. The molecule has 0 saturated carbocycles. The lowest BCUT2D eigenvalue weighted by Crippen LogP contribution is -2.34. The van der Waals surface area contributed by atoms with Gasteiger partial charge in [0.15, 0.2) is 6.61 Å². The van der Waals surface area contributed by atoms with Crippen molar-refractivity contribution in [1.82, 2.24) is 5.32 Å². The zero-order chi connectivity index (χ0) is 22.2. The Labute approximate surface area is 182 Å². The first-order valence-corrected chi connectivity index (χ1v) is 10.5. The number of carbonyl (C=O) groups is 2. The third kappa shape index (κ3) is 5.98. The molecule has 0 saturated heterocycles. The van der Waals surface area contributed by atoms with Crippen molar-refractivity contribution in [1.29, 1.82) is 0 Å². The van der Waals surface area contributed by atoms with Crippen molar-refractivity contribution >= 4 is 28.3 Å². The number of carbonyl (C=O) groups excluding carboxylic acids is 2. The average Bonchev–Trinajstić information content (AvgIpc) is 2.76. The van der Waals surface area contributed by atoms with Crippen LogP contribution in [0.4, 0.5) is 5.69 Å². The minimum atomic E-state index is -0.336. The molecule has 0 unspecified atom stereocenters. The molecule has 2 N–H and O–H groups in total. The van der Waals surface area contributed by atoms with Crippen LogP contribution in [0.5, 0.6) is 11.5 Å². The van der Waals surface area contributed by atoms with E-state index in [1.54, 1.807) is 18.2 Å². The molecule has 2 amide bonds. The van der Waals surface area contributed by atoms with Crippen LogP contribution in [0.3, 0.4) is 0 Å². The molecule has 3 aromatic rings. The number of anilines is 1. The van der Waals surface area contributed by atoms with Crippen LogP contribution in [-0.4, -0.2) is 31.1 Å². The number of fused-ring (bicyclic) bond motifs is 1. The predicted octanol–water partition coefficient (Wildman–Crippen LogP) is 4.78. The van der Waals surface area contributed by atoms with Gasteiger partial charge in [0.2, 0.25) is 0 Å². The summed E-state index contributed by atoms with van der Waals surface area (Å²) in [6, 6.07) is 18.6. The monoisotopic (exact) mass is 420 g/mol. The third-order valence-electron chi connectivity index (χ3n) is 4.50. The number of nitrogens with one attached hydrogen (secondary N) is 2. The second kappa shape index (κ2) is 10.5. The third-order valence-corrected chi connectivity index (χ3v) is 4.50. The molecule has 3 rings (SSSR count). The fraction of sp³-hybridized carbons (Fsp3) is 0.280. The van der Waals surface area contributed by atoms with Gasteiger partial charge in [-0.05, 0) is 55.3 Å². The highest BCUT2D eigenvalue weighted by Gasteiger charge is 2.17. The molecular weight excluding hydrogens is 392 g/mol. The molecule has 0 fully saturated rings. The molecule has 0 aliphatic heterocycles. The Balaban J connectivity index is 1.89. The van der Waals surface area contributed by atoms with Gasteiger partial charge < -0.3 is 20.1 Å². The summed E-state index contributed by atoms with van der Waals surface area (Å²) in [7, 11) is 0. The van der Waals surface area contributed by atoms with Crippen molar-refractivity contribution in [2.45, 2.75) is 33.2 Å². The number of benzene rings is 3. The number of amides is 2. The van der Waals surface area contributed by atoms with Crippen LogP contribution >= 0.6 is 0 Å². The summed E-state index contributed by atoms with van der Waals surface area (Å²) in [5, 5.41) is 7.53. The minimum absolute atomic E-state index is 0.00935. The maximum atomic E-state index is 13.2. The van der Waals surface area contributed by atoms with Crippen molar-refractivity contribution in [3.05, 3.63) is 66.2 Å². The Morgan fingerprint density at radius 3 is 2.29 bits per heavy atom. The van der Waals surface area contributed by atoms with Gasteiger partial charge in [-0.2, -0.15) is 0 Å². The Kier molecular flexibility index (Phi) is 7.49. The molecule has 0 spiro atoms. The average molecular weight is 421 g/mol. The number of para-hydroxylation sites is 2. The highest BCUT2D eigenvalue weighted by molar-refractivity contribution is 6.09. The van der Waals surface area contributed by atoms with Crippen LogP contribution in [0.1, 0.15) is 37.6 Å². The van der Waals surface area contributed by atoms with Gasteiger partial charge in [0.25, 0.3) is 11.8 Å². The first kappa shape index (κ1) is 22.2. The highest BCUT2D eigenvalue weighted by atomic mass is 16.5. The van der Waals surface area contributed by atoms with Crippen molar-refractivity contribution in [2.75, 3.05) is 18.5 Å². The van der Waals surface area contributed by atoms with E-state index in [0.717, 1.165) is 17.2 Å². The van der Waals surface area contributed by atoms with E-state index in [2.05, 4.69) is 10.6 Å². The number of rotatable bonds is 9. The van der Waals surface area contributed by atoms with E-state index < -0.39 is 0 Å². The Bertz CT molecular complexity index is 1060. The maximum absolute atomic E-state index is 13.2. The van der Waals surface area contributed by atoms with E-state index >= 15 is 0 Å². The molecule has 0 aromatic heterocycles. The van der Waals surface area contributed by atoms with E-state index in [1.165, 1.54) is 0 Å². The molecule has 0 aliphatic carbocycles. The van der Waals surface area contributed by atoms with Gasteiger partial charge in [0.05, 0.1) is 17.9 Å². The number of ether oxygens (including phenoxy) is 2. The summed E-state index contributed by atoms with van der Waals surface area (Å²) < 4.78 is 11.5. The predicted molar refractivity (Wildman–Crippen MR) is 123 cm³/mol. The lowest BCUT2D eigenvalue weighted by molar-refractivity contribution is -0.123. The summed E-state index contributed by atoms with van der Waals surface area (Å²) in [5.41, 5.74) is 0.930. The molecule has 0 aliphatic rings. The van der Waals surface area contributed by atoms with Crippen LogP contribution in [0.2, 0.25) is 0 Å².